The monoisotopic (exact) mass is 267 g/mol. The summed E-state index contributed by atoms with van der Waals surface area (Å²) in [6.07, 6.45) is 2.21. The second-order valence-corrected chi connectivity index (χ2v) is 4.47. The molecule has 0 fully saturated rings. The number of nitrogens with one attached hydrogen (secondary N) is 1. The molecule has 0 aliphatic carbocycles. The first-order valence-electron chi connectivity index (χ1n) is 6.53. The third kappa shape index (κ3) is 3.77. The van der Waals surface area contributed by atoms with E-state index in [2.05, 4.69) is 15.3 Å². The van der Waals surface area contributed by atoms with Crippen LogP contribution in [0, 0.1) is 10.1 Å². The Hall–Kier alpha value is -1.92. The van der Waals surface area contributed by atoms with Crippen molar-refractivity contribution >= 4 is 17.5 Å². The second-order valence-electron chi connectivity index (χ2n) is 4.47. The fourth-order valence-electron chi connectivity index (χ4n) is 1.79. The van der Waals surface area contributed by atoms with Crippen molar-refractivity contribution < 1.29 is 4.92 Å². The summed E-state index contributed by atoms with van der Waals surface area (Å²) in [4.78, 5) is 20.8. The smallest absolute Gasteiger partial charge is 0.329 e. The average Bonchev–Trinajstić information content (AvgIpc) is 2.36. The molecule has 0 radical (unpaired) electrons. The van der Waals surface area contributed by atoms with Crippen LogP contribution in [0.25, 0.3) is 0 Å². The van der Waals surface area contributed by atoms with Crippen molar-refractivity contribution in [2.75, 3.05) is 23.3 Å². The number of hydrogen-bond donors (Lipinski definition) is 1. The highest BCUT2D eigenvalue weighted by molar-refractivity contribution is 5.59. The molecule has 1 aromatic rings. The zero-order valence-corrected chi connectivity index (χ0v) is 11.9. The molecule has 0 aromatic carbocycles. The van der Waals surface area contributed by atoms with E-state index in [0.29, 0.717) is 18.3 Å². The molecule has 1 heterocycles. The van der Waals surface area contributed by atoms with Crippen LogP contribution in [0.2, 0.25) is 0 Å². The largest absolute Gasteiger partial charge is 0.354 e. The number of rotatable bonds is 7. The third-order valence-electron chi connectivity index (χ3n) is 2.72. The van der Waals surface area contributed by atoms with Crippen molar-refractivity contribution in [2.45, 2.75) is 40.2 Å². The van der Waals surface area contributed by atoms with E-state index < -0.39 is 4.92 Å². The van der Waals surface area contributed by atoms with Crippen LogP contribution in [0.15, 0.2) is 6.20 Å². The minimum atomic E-state index is -0.441. The van der Waals surface area contributed by atoms with Crippen LogP contribution in [0.4, 0.5) is 17.5 Å². The maximum Gasteiger partial charge on any atom is 0.329 e. The highest BCUT2D eigenvalue weighted by Gasteiger charge is 2.23. The zero-order chi connectivity index (χ0) is 14.4. The Morgan fingerprint density at radius 1 is 1.47 bits per heavy atom. The minimum Gasteiger partial charge on any atom is -0.354 e. The molecule has 0 unspecified atom stereocenters. The van der Waals surface area contributed by atoms with Gasteiger partial charge >= 0.3 is 5.69 Å². The van der Waals surface area contributed by atoms with E-state index in [1.807, 2.05) is 32.6 Å². The van der Waals surface area contributed by atoms with Crippen LogP contribution in [0.1, 0.15) is 34.1 Å². The highest BCUT2D eigenvalue weighted by atomic mass is 16.6. The number of anilines is 2. The van der Waals surface area contributed by atoms with Gasteiger partial charge in [-0.3, -0.25) is 10.1 Å². The summed E-state index contributed by atoms with van der Waals surface area (Å²) >= 11 is 0. The van der Waals surface area contributed by atoms with Gasteiger partial charge in [0, 0.05) is 19.1 Å². The molecule has 7 heteroatoms. The normalized spacial score (nSPS) is 10.6. The first kappa shape index (κ1) is 15.1. The molecule has 0 amide bonds. The van der Waals surface area contributed by atoms with Crippen molar-refractivity contribution in [3.63, 3.8) is 0 Å². The maximum absolute atomic E-state index is 11.1. The second kappa shape index (κ2) is 6.86. The lowest BCUT2D eigenvalue weighted by atomic mass is 10.3. The van der Waals surface area contributed by atoms with Gasteiger partial charge in [-0.15, -0.1) is 0 Å². The van der Waals surface area contributed by atoms with Crippen molar-refractivity contribution in [1.29, 1.82) is 0 Å². The summed E-state index contributed by atoms with van der Waals surface area (Å²) < 4.78 is 0. The SMILES string of the molecule is CCCNc1ncc([N+](=O)[O-])c(N(CC)C(C)C)n1. The van der Waals surface area contributed by atoms with Gasteiger partial charge in [-0.05, 0) is 27.2 Å². The molecule has 7 nitrogen and oxygen atoms in total. The number of nitrogens with zero attached hydrogens (tertiary/aromatic N) is 4. The molecule has 0 spiro atoms. The van der Waals surface area contributed by atoms with Crippen molar-refractivity contribution in [3.05, 3.63) is 16.3 Å². The summed E-state index contributed by atoms with van der Waals surface area (Å²) in [5.74, 6) is 0.803. The predicted molar refractivity (Wildman–Crippen MR) is 75.6 cm³/mol. The van der Waals surface area contributed by atoms with Crippen LogP contribution >= 0.6 is 0 Å². The van der Waals surface area contributed by atoms with Crippen LogP contribution in [0.3, 0.4) is 0 Å². The third-order valence-corrected chi connectivity index (χ3v) is 2.72. The Morgan fingerprint density at radius 2 is 2.16 bits per heavy atom. The standard InChI is InChI=1S/C12H21N5O2/c1-5-7-13-12-14-8-10(17(18)19)11(15-12)16(6-2)9(3)4/h8-9H,5-7H2,1-4H3,(H,13,14,15). The molecule has 0 saturated carbocycles. The molecule has 0 aliphatic rings. The molecule has 1 N–H and O–H groups in total. The van der Waals surface area contributed by atoms with Gasteiger partial charge in [0.25, 0.3) is 0 Å². The molecule has 0 saturated heterocycles. The Morgan fingerprint density at radius 3 is 2.63 bits per heavy atom. The predicted octanol–water partition coefficient (Wildman–Crippen LogP) is 2.44. The lowest BCUT2D eigenvalue weighted by Crippen LogP contribution is -2.32. The van der Waals surface area contributed by atoms with Gasteiger partial charge in [-0.1, -0.05) is 6.92 Å². The topological polar surface area (TPSA) is 84.2 Å². The van der Waals surface area contributed by atoms with E-state index in [0.717, 1.165) is 13.0 Å². The summed E-state index contributed by atoms with van der Waals surface area (Å²) in [7, 11) is 0. The van der Waals surface area contributed by atoms with E-state index in [4.69, 9.17) is 0 Å². The Labute approximate surface area is 113 Å². The Bertz CT molecular complexity index is 436. The van der Waals surface area contributed by atoms with Crippen LogP contribution in [-0.4, -0.2) is 34.0 Å². The highest BCUT2D eigenvalue weighted by Crippen LogP contribution is 2.27. The van der Waals surface area contributed by atoms with Gasteiger partial charge in [-0.2, -0.15) is 4.98 Å². The van der Waals surface area contributed by atoms with Crippen LogP contribution in [-0.2, 0) is 0 Å². The first-order chi connectivity index (χ1) is 9.01. The fraction of sp³-hybridized carbons (Fsp3) is 0.667. The molecular formula is C12H21N5O2. The summed E-state index contributed by atoms with van der Waals surface area (Å²) in [5, 5.41) is 14.1. The van der Waals surface area contributed by atoms with Gasteiger partial charge in [0.15, 0.2) is 0 Å². The van der Waals surface area contributed by atoms with Crippen LogP contribution < -0.4 is 10.2 Å². The Balaban J connectivity index is 3.17. The molecule has 0 aliphatic heterocycles. The summed E-state index contributed by atoms with van der Waals surface area (Å²) in [5.41, 5.74) is -0.0578. The quantitative estimate of drug-likeness (QED) is 0.603. The zero-order valence-electron chi connectivity index (χ0n) is 11.9. The van der Waals surface area contributed by atoms with E-state index in [9.17, 15) is 10.1 Å². The van der Waals surface area contributed by atoms with Gasteiger partial charge in [0.1, 0.15) is 6.20 Å². The minimum absolute atomic E-state index is 0.0578. The van der Waals surface area contributed by atoms with Crippen molar-refractivity contribution in [2.24, 2.45) is 0 Å². The number of nitro groups is 1. The van der Waals surface area contributed by atoms with Gasteiger partial charge in [0.05, 0.1) is 4.92 Å². The van der Waals surface area contributed by atoms with E-state index >= 15 is 0 Å². The fourth-order valence-corrected chi connectivity index (χ4v) is 1.79. The molecule has 0 bridgehead atoms. The van der Waals surface area contributed by atoms with Gasteiger partial charge in [0.2, 0.25) is 11.8 Å². The lowest BCUT2D eigenvalue weighted by molar-refractivity contribution is -0.384. The molecule has 1 rings (SSSR count). The van der Waals surface area contributed by atoms with Gasteiger partial charge in [-0.25, -0.2) is 4.98 Å². The Kier molecular flexibility index (Phi) is 5.47. The molecule has 106 valence electrons. The van der Waals surface area contributed by atoms with Gasteiger partial charge < -0.3 is 10.2 Å². The van der Waals surface area contributed by atoms with E-state index in [1.54, 1.807) is 0 Å². The average molecular weight is 267 g/mol. The van der Waals surface area contributed by atoms with E-state index in [-0.39, 0.29) is 11.7 Å². The molecule has 0 atom stereocenters. The first-order valence-corrected chi connectivity index (χ1v) is 6.53. The molecular weight excluding hydrogens is 246 g/mol. The van der Waals surface area contributed by atoms with Crippen molar-refractivity contribution in [1.82, 2.24) is 9.97 Å². The van der Waals surface area contributed by atoms with Crippen LogP contribution in [0.5, 0.6) is 0 Å². The number of hydrogen-bond acceptors (Lipinski definition) is 6. The van der Waals surface area contributed by atoms with E-state index in [1.165, 1.54) is 6.20 Å². The molecule has 19 heavy (non-hydrogen) atoms. The number of aromatic nitrogens is 2. The lowest BCUT2D eigenvalue weighted by Gasteiger charge is -2.25. The maximum atomic E-state index is 11.1. The van der Waals surface area contributed by atoms with Crippen molar-refractivity contribution in [3.8, 4) is 0 Å². The summed E-state index contributed by atoms with van der Waals surface area (Å²) in [6, 6.07) is 0.137. The summed E-state index contributed by atoms with van der Waals surface area (Å²) in [6.45, 7) is 9.34. The molecule has 1 aromatic heterocycles.